The standard InChI is InChI=1S/C17H21N3O2S/c1-13(16(21)19-14-7-4-3-5-8-14)18-17(22)20(2)11-10-15-9-6-12-23-15/h3-9,12-13H,10-11H2,1-2H3,(H,18,22)(H,19,21)/t13-/m1/s1. The van der Waals surface area contributed by atoms with Crippen molar-refractivity contribution >= 4 is 29.0 Å². The van der Waals surface area contributed by atoms with Gasteiger partial charge < -0.3 is 15.5 Å². The Bertz CT molecular complexity index is 629. The third kappa shape index (κ3) is 5.41. The predicted molar refractivity (Wildman–Crippen MR) is 93.7 cm³/mol. The van der Waals surface area contributed by atoms with E-state index in [1.54, 1.807) is 42.3 Å². The smallest absolute Gasteiger partial charge is 0.317 e. The first-order chi connectivity index (χ1) is 11.1. The molecule has 3 amide bonds. The molecule has 2 aromatic rings. The van der Waals surface area contributed by atoms with E-state index in [1.807, 2.05) is 35.7 Å². The summed E-state index contributed by atoms with van der Waals surface area (Å²) in [6.07, 6.45) is 0.812. The third-order valence-electron chi connectivity index (χ3n) is 3.40. The Hall–Kier alpha value is -2.34. The lowest BCUT2D eigenvalue weighted by molar-refractivity contribution is -0.117. The molecule has 0 bridgehead atoms. The topological polar surface area (TPSA) is 61.4 Å². The highest BCUT2D eigenvalue weighted by Gasteiger charge is 2.18. The van der Waals surface area contributed by atoms with Gasteiger partial charge in [0.15, 0.2) is 0 Å². The van der Waals surface area contributed by atoms with Gasteiger partial charge in [-0.3, -0.25) is 4.79 Å². The Morgan fingerprint density at radius 1 is 1.17 bits per heavy atom. The van der Waals surface area contributed by atoms with Crippen LogP contribution < -0.4 is 10.6 Å². The van der Waals surface area contributed by atoms with Gasteiger partial charge in [-0.2, -0.15) is 0 Å². The number of benzene rings is 1. The van der Waals surface area contributed by atoms with Crippen molar-refractivity contribution in [3.05, 3.63) is 52.7 Å². The van der Waals surface area contributed by atoms with Crippen LogP contribution in [0, 0.1) is 0 Å². The molecule has 1 atom stereocenters. The number of hydrogen-bond donors (Lipinski definition) is 2. The van der Waals surface area contributed by atoms with Gasteiger partial charge in [0.1, 0.15) is 6.04 Å². The van der Waals surface area contributed by atoms with Crippen molar-refractivity contribution in [2.45, 2.75) is 19.4 Å². The molecule has 5 nitrogen and oxygen atoms in total. The summed E-state index contributed by atoms with van der Waals surface area (Å²) in [4.78, 5) is 27.0. The number of para-hydroxylation sites is 1. The number of anilines is 1. The fourth-order valence-electron chi connectivity index (χ4n) is 1.97. The average Bonchev–Trinajstić information content (AvgIpc) is 3.06. The van der Waals surface area contributed by atoms with Gasteiger partial charge >= 0.3 is 6.03 Å². The molecule has 122 valence electrons. The van der Waals surface area contributed by atoms with Crippen LogP contribution in [0.2, 0.25) is 0 Å². The molecule has 2 rings (SSSR count). The maximum Gasteiger partial charge on any atom is 0.317 e. The summed E-state index contributed by atoms with van der Waals surface area (Å²) >= 11 is 1.67. The van der Waals surface area contributed by atoms with Crippen LogP contribution in [0.3, 0.4) is 0 Å². The highest BCUT2D eigenvalue weighted by molar-refractivity contribution is 7.09. The summed E-state index contributed by atoms with van der Waals surface area (Å²) < 4.78 is 0. The van der Waals surface area contributed by atoms with E-state index in [4.69, 9.17) is 0 Å². The molecule has 0 aliphatic carbocycles. The molecule has 0 aliphatic rings. The van der Waals surface area contributed by atoms with E-state index in [0.29, 0.717) is 12.2 Å². The van der Waals surface area contributed by atoms with Gasteiger partial charge in [0.2, 0.25) is 5.91 Å². The number of urea groups is 1. The van der Waals surface area contributed by atoms with E-state index < -0.39 is 6.04 Å². The molecule has 0 saturated heterocycles. The van der Waals surface area contributed by atoms with Crippen molar-refractivity contribution in [3.63, 3.8) is 0 Å². The number of amides is 3. The predicted octanol–water partition coefficient (Wildman–Crippen LogP) is 2.96. The first-order valence-corrected chi connectivity index (χ1v) is 8.34. The molecule has 0 aliphatic heterocycles. The number of nitrogens with one attached hydrogen (secondary N) is 2. The molecule has 1 aromatic carbocycles. The number of carbonyl (C=O) groups excluding carboxylic acids is 2. The van der Waals surface area contributed by atoms with Gasteiger partial charge in [-0.1, -0.05) is 24.3 Å². The van der Waals surface area contributed by atoms with Crippen molar-refractivity contribution < 1.29 is 9.59 Å². The summed E-state index contributed by atoms with van der Waals surface area (Å²) in [5, 5.41) is 7.50. The Labute approximate surface area is 140 Å². The van der Waals surface area contributed by atoms with Crippen molar-refractivity contribution in [1.82, 2.24) is 10.2 Å². The van der Waals surface area contributed by atoms with E-state index in [9.17, 15) is 9.59 Å². The zero-order valence-corrected chi connectivity index (χ0v) is 14.1. The zero-order chi connectivity index (χ0) is 16.7. The second kappa shape index (κ2) is 8.33. The van der Waals surface area contributed by atoms with Gasteiger partial charge in [0, 0.05) is 24.2 Å². The summed E-state index contributed by atoms with van der Waals surface area (Å²) in [6, 6.07) is 12.4. The molecule has 23 heavy (non-hydrogen) atoms. The second-order valence-corrected chi connectivity index (χ2v) is 6.31. The van der Waals surface area contributed by atoms with Gasteiger partial charge in [-0.25, -0.2) is 4.79 Å². The largest absolute Gasteiger partial charge is 0.328 e. The van der Waals surface area contributed by atoms with E-state index >= 15 is 0 Å². The quantitative estimate of drug-likeness (QED) is 0.855. The maximum absolute atomic E-state index is 12.1. The summed E-state index contributed by atoms with van der Waals surface area (Å²) in [7, 11) is 1.73. The van der Waals surface area contributed by atoms with E-state index in [1.165, 1.54) is 4.88 Å². The lowest BCUT2D eigenvalue weighted by atomic mass is 10.2. The molecule has 6 heteroatoms. The lowest BCUT2D eigenvalue weighted by Crippen LogP contribution is -2.47. The van der Waals surface area contributed by atoms with E-state index in [2.05, 4.69) is 10.6 Å². The van der Waals surface area contributed by atoms with Crippen molar-refractivity contribution in [1.29, 1.82) is 0 Å². The minimum absolute atomic E-state index is 0.240. The van der Waals surface area contributed by atoms with Crippen molar-refractivity contribution in [2.24, 2.45) is 0 Å². The van der Waals surface area contributed by atoms with E-state index in [-0.39, 0.29) is 11.9 Å². The van der Waals surface area contributed by atoms with Gasteiger partial charge in [0.25, 0.3) is 0 Å². The summed E-state index contributed by atoms with van der Waals surface area (Å²) in [6.45, 7) is 2.28. The monoisotopic (exact) mass is 331 g/mol. The van der Waals surface area contributed by atoms with Crippen LogP contribution in [-0.2, 0) is 11.2 Å². The molecular formula is C17H21N3O2S. The number of carbonyl (C=O) groups is 2. The van der Waals surface area contributed by atoms with Gasteiger partial charge in [0.05, 0.1) is 0 Å². The Morgan fingerprint density at radius 3 is 2.57 bits per heavy atom. The summed E-state index contributed by atoms with van der Waals surface area (Å²) in [5.74, 6) is -0.240. The fourth-order valence-corrected chi connectivity index (χ4v) is 2.67. The van der Waals surface area contributed by atoms with Crippen LogP contribution in [0.5, 0.6) is 0 Å². The second-order valence-electron chi connectivity index (χ2n) is 5.28. The molecule has 0 unspecified atom stereocenters. The first kappa shape index (κ1) is 17.0. The molecule has 2 N–H and O–H groups in total. The maximum atomic E-state index is 12.1. The zero-order valence-electron chi connectivity index (χ0n) is 13.3. The molecule has 0 radical (unpaired) electrons. The Morgan fingerprint density at radius 2 is 1.91 bits per heavy atom. The molecule has 1 aromatic heterocycles. The van der Waals surface area contributed by atoms with Crippen LogP contribution in [-0.4, -0.2) is 36.5 Å². The third-order valence-corrected chi connectivity index (χ3v) is 4.33. The van der Waals surface area contributed by atoms with Crippen LogP contribution in [0.1, 0.15) is 11.8 Å². The van der Waals surface area contributed by atoms with Gasteiger partial charge in [-0.05, 0) is 36.9 Å². The van der Waals surface area contributed by atoms with Crippen molar-refractivity contribution in [3.8, 4) is 0 Å². The minimum Gasteiger partial charge on any atom is -0.328 e. The van der Waals surface area contributed by atoms with Crippen LogP contribution >= 0.6 is 11.3 Å². The Kier molecular flexibility index (Phi) is 6.17. The van der Waals surface area contributed by atoms with Gasteiger partial charge in [-0.15, -0.1) is 11.3 Å². The number of thiophene rings is 1. The lowest BCUT2D eigenvalue weighted by Gasteiger charge is -2.21. The minimum atomic E-state index is -0.605. The SMILES string of the molecule is C[C@@H](NC(=O)N(C)CCc1cccs1)C(=O)Nc1ccccc1. The van der Waals surface area contributed by atoms with Crippen molar-refractivity contribution in [2.75, 3.05) is 18.9 Å². The first-order valence-electron chi connectivity index (χ1n) is 7.46. The van der Waals surface area contributed by atoms with Crippen LogP contribution in [0.4, 0.5) is 10.5 Å². The van der Waals surface area contributed by atoms with Crippen LogP contribution in [0.25, 0.3) is 0 Å². The highest BCUT2D eigenvalue weighted by Crippen LogP contribution is 2.09. The fraction of sp³-hybridized carbons (Fsp3) is 0.294. The van der Waals surface area contributed by atoms with Crippen LogP contribution in [0.15, 0.2) is 47.8 Å². The highest BCUT2D eigenvalue weighted by atomic mass is 32.1. The molecule has 0 fully saturated rings. The number of rotatable bonds is 6. The number of likely N-dealkylation sites (N-methyl/N-ethyl adjacent to an activating group) is 1. The molecule has 0 saturated carbocycles. The summed E-state index contributed by atoms with van der Waals surface area (Å²) in [5.41, 5.74) is 0.713. The molecular weight excluding hydrogens is 310 g/mol. The molecule has 1 heterocycles. The average molecular weight is 331 g/mol. The number of hydrogen-bond acceptors (Lipinski definition) is 3. The number of nitrogens with zero attached hydrogens (tertiary/aromatic N) is 1. The van der Waals surface area contributed by atoms with E-state index in [0.717, 1.165) is 6.42 Å². The Balaban J connectivity index is 1.77. The molecule has 0 spiro atoms. The normalized spacial score (nSPS) is 11.6.